The van der Waals surface area contributed by atoms with Gasteiger partial charge in [-0.3, -0.25) is 4.79 Å². The van der Waals surface area contributed by atoms with Crippen LogP contribution in [0.25, 0.3) is 0 Å². The van der Waals surface area contributed by atoms with Crippen LogP contribution >= 0.6 is 0 Å². The van der Waals surface area contributed by atoms with Gasteiger partial charge >= 0.3 is 5.97 Å². The van der Waals surface area contributed by atoms with E-state index < -0.39 is 12.1 Å². The van der Waals surface area contributed by atoms with Gasteiger partial charge in [-0.25, -0.2) is 4.79 Å². The van der Waals surface area contributed by atoms with Gasteiger partial charge in [0.1, 0.15) is 0 Å². The van der Waals surface area contributed by atoms with Crippen molar-refractivity contribution in [3.8, 4) is 0 Å². The van der Waals surface area contributed by atoms with Crippen LogP contribution in [0.4, 0.5) is 0 Å². The summed E-state index contributed by atoms with van der Waals surface area (Å²) in [6.45, 7) is 3.26. The van der Waals surface area contributed by atoms with Gasteiger partial charge in [-0.15, -0.1) is 0 Å². The van der Waals surface area contributed by atoms with Gasteiger partial charge in [-0.1, -0.05) is 0 Å². The third-order valence-electron chi connectivity index (χ3n) is 3.20. The fourth-order valence-corrected chi connectivity index (χ4v) is 2.25. The molecule has 1 amide bonds. The number of carboxylic acid groups (broad SMARTS) is 1. The number of rotatable bonds is 2. The molecule has 17 heavy (non-hydrogen) atoms. The second-order valence-electron chi connectivity index (χ2n) is 4.56. The number of morpholine rings is 1. The molecule has 2 saturated heterocycles. The molecular weight excluding hydrogens is 226 g/mol. The predicted octanol–water partition coefficient (Wildman–Crippen LogP) is -0.277. The molecule has 3 atom stereocenters. The smallest absolute Gasteiger partial charge is 0.334 e. The highest BCUT2D eigenvalue weighted by Gasteiger charge is 2.35. The van der Waals surface area contributed by atoms with E-state index in [4.69, 9.17) is 14.6 Å². The summed E-state index contributed by atoms with van der Waals surface area (Å²) in [6, 6.07) is 0. The Kier molecular flexibility index (Phi) is 3.63. The summed E-state index contributed by atoms with van der Waals surface area (Å²) in [5, 5.41) is 8.86. The number of hydrogen-bond donors (Lipinski definition) is 1. The van der Waals surface area contributed by atoms with Crippen LogP contribution in [0.5, 0.6) is 0 Å². The monoisotopic (exact) mass is 243 g/mol. The van der Waals surface area contributed by atoms with E-state index >= 15 is 0 Å². The fourth-order valence-electron chi connectivity index (χ4n) is 2.25. The Hall–Kier alpha value is -1.14. The molecule has 0 aromatic heterocycles. The number of carbonyl (C=O) groups excluding carboxylic acids is 1. The standard InChI is InChI=1S/C11H17NO5/c1-7-4-8(6-17-7)10(13)12-2-3-16-9(5-12)11(14)15/h7-9H,2-6H2,1H3,(H,14,15). The Labute approximate surface area is 99.5 Å². The van der Waals surface area contributed by atoms with Crippen molar-refractivity contribution in [2.24, 2.45) is 5.92 Å². The summed E-state index contributed by atoms with van der Waals surface area (Å²) in [7, 11) is 0. The zero-order chi connectivity index (χ0) is 12.4. The average molecular weight is 243 g/mol. The Morgan fingerprint density at radius 3 is 2.71 bits per heavy atom. The van der Waals surface area contributed by atoms with Gasteiger partial charge in [0.25, 0.3) is 0 Å². The second kappa shape index (κ2) is 5.01. The summed E-state index contributed by atoms with van der Waals surface area (Å²) in [4.78, 5) is 24.5. The van der Waals surface area contributed by atoms with Crippen molar-refractivity contribution in [1.82, 2.24) is 4.90 Å². The van der Waals surface area contributed by atoms with Crippen LogP contribution in [0.3, 0.4) is 0 Å². The van der Waals surface area contributed by atoms with Gasteiger partial charge in [0.15, 0.2) is 6.10 Å². The van der Waals surface area contributed by atoms with Crippen LogP contribution in [-0.4, -0.2) is 60.4 Å². The molecule has 0 saturated carbocycles. The fraction of sp³-hybridized carbons (Fsp3) is 0.818. The molecule has 0 radical (unpaired) electrons. The van der Waals surface area contributed by atoms with Crippen molar-refractivity contribution >= 4 is 11.9 Å². The molecular formula is C11H17NO5. The molecule has 0 aromatic carbocycles. The average Bonchev–Trinajstić information content (AvgIpc) is 2.75. The van der Waals surface area contributed by atoms with E-state index in [1.165, 1.54) is 0 Å². The highest BCUT2D eigenvalue weighted by molar-refractivity contribution is 5.81. The Balaban J connectivity index is 1.93. The molecule has 6 heteroatoms. The summed E-state index contributed by atoms with van der Waals surface area (Å²) < 4.78 is 10.4. The maximum Gasteiger partial charge on any atom is 0.334 e. The minimum Gasteiger partial charge on any atom is -0.479 e. The molecule has 2 rings (SSSR count). The summed E-state index contributed by atoms with van der Waals surface area (Å²) in [5.41, 5.74) is 0. The molecule has 2 aliphatic heterocycles. The molecule has 2 heterocycles. The minimum absolute atomic E-state index is 0.0103. The van der Waals surface area contributed by atoms with Crippen molar-refractivity contribution in [2.75, 3.05) is 26.3 Å². The summed E-state index contributed by atoms with van der Waals surface area (Å²) in [5.74, 6) is -1.15. The maximum atomic E-state index is 12.1. The van der Waals surface area contributed by atoms with Crippen LogP contribution in [0, 0.1) is 5.92 Å². The lowest BCUT2D eigenvalue weighted by molar-refractivity contribution is -0.160. The van der Waals surface area contributed by atoms with Gasteiger partial charge in [0.2, 0.25) is 5.91 Å². The van der Waals surface area contributed by atoms with Gasteiger partial charge in [-0.2, -0.15) is 0 Å². The molecule has 0 bridgehead atoms. The molecule has 6 nitrogen and oxygen atoms in total. The zero-order valence-electron chi connectivity index (χ0n) is 9.80. The van der Waals surface area contributed by atoms with Crippen LogP contribution in [0.15, 0.2) is 0 Å². The zero-order valence-corrected chi connectivity index (χ0v) is 9.80. The largest absolute Gasteiger partial charge is 0.479 e. The first-order valence-electron chi connectivity index (χ1n) is 5.82. The van der Waals surface area contributed by atoms with Gasteiger partial charge < -0.3 is 19.5 Å². The van der Waals surface area contributed by atoms with Crippen molar-refractivity contribution in [3.63, 3.8) is 0 Å². The van der Waals surface area contributed by atoms with E-state index in [9.17, 15) is 9.59 Å². The summed E-state index contributed by atoms with van der Waals surface area (Å²) >= 11 is 0. The molecule has 0 spiro atoms. The number of nitrogens with zero attached hydrogens (tertiary/aromatic N) is 1. The normalized spacial score (nSPS) is 33.7. The Morgan fingerprint density at radius 1 is 1.35 bits per heavy atom. The number of carboxylic acids is 1. The molecule has 3 unspecified atom stereocenters. The minimum atomic E-state index is -1.02. The first-order valence-corrected chi connectivity index (χ1v) is 5.82. The molecule has 1 N–H and O–H groups in total. The van der Waals surface area contributed by atoms with Crippen molar-refractivity contribution in [1.29, 1.82) is 0 Å². The molecule has 2 aliphatic rings. The predicted molar refractivity (Wildman–Crippen MR) is 57.5 cm³/mol. The van der Waals surface area contributed by atoms with Crippen molar-refractivity contribution in [3.05, 3.63) is 0 Å². The van der Waals surface area contributed by atoms with E-state index in [0.717, 1.165) is 0 Å². The lowest BCUT2D eigenvalue weighted by atomic mass is 10.0. The molecule has 96 valence electrons. The van der Waals surface area contributed by atoms with E-state index in [2.05, 4.69) is 0 Å². The number of carbonyl (C=O) groups is 2. The molecule has 2 fully saturated rings. The maximum absolute atomic E-state index is 12.1. The first-order chi connectivity index (χ1) is 8.08. The number of amides is 1. The quantitative estimate of drug-likeness (QED) is 0.722. The first kappa shape index (κ1) is 12.3. The topological polar surface area (TPSA) is 76.1 Å². The van der Waals surface area contributed by atoms with Gasteiger partial charge in [-0.05, 0) is 13.3 Å². The SMILES string of the molecule is CC1CC(C(=O)N2CCOC(C(=O)O)C2)CO1. The Bertz CT molecular complexity index is 319. The molecule has 0 aromatic rings. The van der Waals surface area contributed by atoms with E-state index in [1.54, 1.807) is 4.90 Å². The van der Waals surface area contributed by atoms with Crippen LogP contribution in [-0.2, 0) is 19.1 Å². The number of aliphatic carboxylic acids is 1. The second-order valence-corrected chi connectivity index (χ2v) is 4.56. The third kappa shape index (κ3) is 2.76. The highest BCUT2D eigenvalue weighted by atomic mass is 16.5. The van der Waals surface area contributed by atoms with Gasteiger partial charge in [0, 0.05) is 6.54 Å². The van der Waals surface area contributed by atoms with Crippen molar-refractivity contribution in [2.45, 2.75) is 25.6 Å². The van der Waals surface area contributed by atoms with Crippen LogP contribution < -0.4 is 0 Å². The lowest BCUT2D eigenvalue weighted by Gasteiger charge is -2.32. The summed E-state index contributed by atoms with van der Waals surface area (Å²) in [6.07, 6.45) is -0.0683. The van der Waals surface area contributed by atoms with Gasteiger partial charge in [0.05, 0.1) is 31.8 Å². The highest BCUT2D eigenvalue weighted by Crippen LogP contribution is 2.22. The van der Waals surface area contributed by atoms with E-state index in [-0.39, 0.29) is 31.1 Å². The van der Waals surface area contributed by atoms with E-state index in [1.807, 2.05) is 6.92 Å². The third-order valence-corrected chi connectivity index (χ3v) is 3.20. The lowest BCUT2D eigenvalue weighted by Crippen LogP contribution is -2.50. The Morgan fingerprint density at radius 2 is 2.12 bits per heavy atom. The van der Waals surface area contributed by atoms with E-state index in [0.29, 0.717) is 19.6 Å². The number of ether oxygens (including phenoxy) is 2. The van der Waals surface area contributed by atoms with Crippen LogP contribution in [0.2, 0.25) is 0 Å². The molecule has 0 aliphatic carbocycles. The van der Waals surface area contributed by atoms with Crippen molar-refractivity contribution < 1.29 is 24.2 Å². The van der Waals surface area contributed by atoms with Crippen LogP contribution in [0.1, 0.15) is 13.3 Å². The number of hydrogen-bond acceptors (Lipinski definition) is 4.